The molecule has 0 aliphatic heterocycles. The molecule has 2 rings (SSSR count). The van der Waals surface area contributed by atoms with Crippen molar-refractivity contribution in [1.82, 2.24) is 9.97 Å². The van der Waals surface area contributed by atoms with Gasteiger partial charge >= 0.3 is 16.8 Å². The number of nitro groups is 1. The molecule has 1 aromatic carbocycles. The molecule has 0 bridgehead atoms. The lowest BCUT2D eigenvalue weighted by Gasteiger charge is -1.98. The molecule has 2 aromatic rings. The zero-order valence-electron chi connectivity index (χ0n) is 8.82. The molecule has 0 fully saturated rings. The molecule has 0 saturated heterocycles. The second kappa shape index (κ2) is 4.08. The van der Waals surface area contributed by atoms with Crippen molar-refractivity contribution in [3.63, 3.8) is 0 Å². The van der Waals surface area contributed by atoms with Crippen molar-refractivity contribution < 1.29 is 13.7 Å². The van der Waals surface area contributed by atoms with E-state index >= 15 is 0 Å². The van der Waals surface area contributed by atoms with Crippen LogP contribution in [-0.2, 0) is 0 Å². The maximum atomic E-state index is 13.3. The fourth-order valence-corrected chi connectivity index (χ4v) is 1.51. The third-order valence-electron chi connectivity index (χ3n) is 2.29. The second-order valence-corrected chi connectivity index (χ2v) is 3.44. The first-order valence-electron chi connectivity index (χ1n) is 4.66. The Hall–Kier alpha value is -2.91. The minimum Gasteiger partial charge on any atom is -0.317 e. The molecule has 0 saturated carbocycles. The van der Waals surface area contributed by atoms with Crippen LogP contribution in [-0.4, -0.2) is 14.9 Å². The Morgan fingerprint density at radius 2 is 1.63 bits per heavy atom. The first-order chi connectivity index (χ1) is 8.82. The summed E-state index contributed by atoms with van der Waals surface area (Å²) in [5, 5.41) is 9.76. The van der Waals surface area contributed by atoms with E-state index in [1.807, 2.05) is 0 Å². The van der Waals surface area contributed by atoms with Crippen molar-refractivity contribution in [1.29, 1.82) is 0 Å². The molecule has 2 N–H and O–H groups in total. The summed E-state index contributed by atoms with van der Waals surface area (Å²) in [5.74, 6) is -3.49. The van der Waals surface area contributed by atoms with Gasteiger partial charge in [-0.15, -0.1) is 0 Å². The molecule has 0 aliphatic carbocycles. The van der Waals surface area contributed by atoms with E-state index in [4.69, 9.17) is 0 Å². The number of fused-ring (bicyclic) bond motifs is 1. The number of hydrogen-bond acceptors (Lipinski definition) is 5. The average molecular weight is 271 g/mol. The third kappa shape index (κ3) is 1.88. The van der Waals surface area contributed by atoms with Crippen molar-refractivity contribution in [3.8, 4) is 0 Å². The van der Waals surface area contributed by atoms with Gasteiger partial charge in [-0.25, -0.2) is 4.39 Å². The Kier molecular flexibility index (Phi) is 2.70. The molecule has 1 heterocycles. The smallest absolute Gasteiger partial charge is 0.317 e. The van der Waals surface area contributed by atoms with Gasteiger partial charge in [0.25, 0.3) is 5.56 Å². The number of halogens is 2. The number of nitro benzene ring substituents is 1. The second-order valence-electron chi connectivity index (χ2n) is 3.44. The topological polar surface area (TPSA) is 126 Å². The van der Waals surface area contributed by atoms with Crippen molar-refractivity contribution in [2.75, 3.05) is 0 Å². The monoisotopic (exact) mass is 271 g/mol. The summed E-state index contributed by atoms with van der Waals surface area (Å²) in [7, 11) is 0. The summed E-state index contributed by atoms with van der Waals surface area (Å²) in [6.07, 6.45) is 0. The molecule has 1 aromatic heterocycles. The van der Waals surface area contributed by atoms with Crippen LogP contribution >= 0.6 is 0 Å². The van der Waals surface area contributed by atoms with Crippen LogP contribution in [0.5, 0.6) is 0 Å². The standard InChI is InChI=1S/C9H3F2N3O5/c10-2-1-3-4(6(5(2)11)14(18)19)7(15)13-9(17)8(16)12-3/h1H,(H2,12,13,15,16,17). The number of nitrogens with zero attached hydrogens (tertiary/aromatic N) is 1. The Morgan fingerprint density at radius 1 is 1.05 bits per heavy atom. The Labute approximate surface area is 100 Å². The van der Waals surface area contributed by atoms with Crippen LogP contribution in [0, 0.1) is 21.7 Å². The first kappa shape index (κ1) is 12.5. The Bertz CT molecular complexity index is 886. The average Bonchev–Trinajstić information content (AvgIpc) is 2.40. The molecule has 0 spiro atoms. The molecule has 0 unspecified atom stereocenters. The molecule has 0 radical (unpaired) electrons. The summed E-state index contributed by atoms with van der Waals surface area (Å²) in [6, 6.07) is 0.383. The van der Waals surface area contributed by atoms with Crippen molar-refractivity contribution in [3.05, 3.63) is 58.9 Å². The summed E-state index contributed by atoms with van der Waals surface area (Å²) >= 11 is 0. The van der Waals surface area contributed by atoms with Gasteiger partial charge in [-0.2, -0.15) is 4.39 Å². The molecule has 0 aliphatic rings. The van der Waals surface area contributed by atoms with E-state index < -0.39 is 49.8 Å². The number of rotatable bonds is 1. The van der Waals surface area contributed by atoms with E-state index in [0.717, 1.165) is 0 Å². The largest absolute Gasteiger partial charge is 0.322 e. The van der Waals surface area contributed by atoms with Gasteiger partial charge in [0.05, 0.1) is 10.4 Å². The summed E-state index contributed by atoms with van der Waals surface area (Å²) in [5.41, 5.74) is -6.20. The number of H-pyrrole nitrogens is 2. The molecular formula is C9H3F2N3O5. The first-order valence-corrected chi connectivity index (χ1v) is 4.66. The lowest BCUT2D eigenvalue weighted by molar-refractivity contribution is -0.386. The molecule has 8 nitrogen and oxygen atoms in total. The molecule has 19 heavy (non-hydrogen) atoms. The van der Waals surface area contributed by atoms with E-state index in [2.05, 4.69) is 0 Å². The predicted molar refractivity (Wildman–Crippen MR) is 58.0 cm³/mol. The number of aromatic nitrogens is 2. The fraction of sp³-hybridized carbons (Fsp3) is 0. The van der Waals surface area contributed by atoms with E-state index in [1.54, 1.807) is 4.98 Å². The molecule has 0 atom stereocenters. The van der Waals surface area contributed by atoms with Crippen LogP contribution in [0.3, 0.4) is 0 Å². The van der Waals surface area contributed by atoms with Crippen LogP contribution < -0.4 is 16.7 Å². The van der Waals surface area contributed by atoms with E-state index in [0.29, 0.717) is 6.07 Å². The Morgan fingerprint density at radius 3 is 2.21 bits per heavy atom. The molecule has 0 amide bonds. The van der Waals surface area contributed by atoms with Crippen molar-refractivity contribution >= 4 is 16.6 Å². The number of nitrogens with one attached hydrogen (secondary N) is 2. The van der Waals surface area contributed by atoms with Crippen LogP contribution in [0.4, 0.5) is 14.5 Å². The van der Waals surface area contributed by atoms with Crippen molar-refractivity contribution in [2.24, 2.45) is 0 Å². The molecule has 98 valence electrons. The minimum atomic E-state index is -1.86. The number of aromatic amines is 2. The maximum Gasteiger partial charge on any atom is 0.322 e. The summed E-state index contributed by atoms with van der Waals surface area (Å²) < 4.78 is 26.5. The van der Waals surface area contributed by atoms with Gasteiger partial charge in [0.15, 0.2) is 5.82 Å². The highest BCUT2D eigenvalue weighted by atomic mass is 19.2. The van der Waals surface area contributed by atoms with Crippen molar-refractivity contribution in [2.45, 2.75) is 0 Å². The van der Waals surface area contributed by atoms with Crippen LogP contribution in [0.1, 0.15) is 0 Å². The van der Waals surface area contributed by atoms with E-state index in [-0.39, 0.29) is 0 Å². The van der Waals surface area contributed by atoms with Gasteiger partial charge in [0.2, 0.25) is 5.82 Å². The van der Waals surface area contributed by atoms with Crippen LogP contribution in [0.25, 0.3) is 10.9 Å². The lowest BCUT2D eigenvalue weighted by atomic mass is 10.2. The van der Waals surface area contributed by atoms with Gasteiger partial charge in [0.1, 0.15) is 5.39 Å². The van der Waals surface area contributed by atoms with Gasteiger partial charge in [-0.05, 0) is 0 Å². The highest BCUT2D eigenvalue weighted by Crippen LogP contribution is 2.26. The highest BCUT2D eigenvalue weighted by molar-refractivity contribution is 5.86. The SMILES string of the molecule is O=c1[nH]c(=O)c2c([N+](=O)[O-])c(F)c(F)cc2[nH]c1=O. The van der Waals surface area contributed by atoms with Gasteiger partial charge in [-0.1, -0.05) is 0 Å². The van der Waals surface area contributed by atoms with Crippen LogP contribution in [0.15, 0.2) is 20.4 Å². The molecule has 10 heteroatoms. The summed E-state index contributed by atoms with van der Waals surface area (Å²) in [6.45, 7) is 0. The highest BCUT2D eigenvalue weighted by Gasteiger charge is 2.26. The predicted octanol–water partition coefficient (Wildman–Crippen LogP) is -0.237. The van der Waals surface area contributed by atoms with E-state index in [9.17, 15) is 33.3 Å². The van der Waals surface area contributed by atoms with Crippen LogP contribution in [0.2, 0.25) is 0 Å². The number of benzene rings is 1. The minimum absolute atomic E-state index is 0.383. The van der Waals surface area contributed by atoms with Gasteiger partial charge < -0.3 is 4.98 Å². The normalized spacial score (nSPS) is 10.6. The molecular weight excluding hydrogens is 268 g/mol. The van der Waals surface area contributed by atoms with E-state index in [1.165, 1.54) is 4.98 Å². The zero-order chi connectivity index (χ0) is 14.3. The Balaban J connectivity index is 3.28. The fourth-order valence-electron chi connectivity index (χ4n) is 1.51. The third-order valence-corrected chi connectivity index (χ3v) is 2.29. The zero-order valence-corrected chi connectivity index (χ0v) is 8.82. The van der Waals surface area contributed by atoms with Gasteiger partial charge in [-0.3, -0.25) is 29.5 Å². The lowest BCUT2D eigenvalue weighted by Crippen LogP contribution is -2.28. The summed E-state index contributed by atoms with van der Waals surface area (Å²) in [4.78, 5) is 46.4. The quantitative estimate of drug-likeness (QED) is 0.420. The maximum absolute atomic E-state index is 13.3. The number of hydrogen-bond donors (Lipinski definition) is 2. The van der Waals surface area contributed by atoms with Gasteiger partial charge in [0, 0.05) is 6.07 Å².